The molecule has 0 bridgehead atoms. The normalized spacial score (nSPS) is 12.8. The van der Waals surface area contributed by atoms with Gasteiger partial charge in [-0.3, -0.25) is 0 Å². The number of aliphatic hydroxyl groups is 1. The van der Waals surface area contributed by atoms with Gasteiger partial charge in [0.1, 0.15) is 5.75 Å². The second-order valence-corrected chi connectivity index (χ2v) is 4.64. The minimum Gasteiger partial charge on any atom is -0.496 e. The summed E-state index contributed by atoms with van der Waals surface area (Å²) in [4.78, 5) is 2.10. The van der Waals surface area contributed by atoms with Crippen LogP contribution in [0.2, 0.25) is 0 Å². The quantitative estimate of drug-likeness (QED) is 0.760. The average molecular weight is 252 g/mol. The van der Waals surface area contributed by atoms with Crippen LogP contribution in [0.4, 0.5) is 0 Å². The molecular weight excluding hydrogens is 228 g/mol. The van der Waals surface area contributed by atoms with Crippen LogP contribution in [0.3, 0.4) is 0 Å². The standard InChI is InChI=1S/C14H24N2O2/c1-4-11-5-6-14(18-3)12(7-11)8-16(2)9-13(15)10-17/h5-7,13,17H,4,8-10,15H2,1-3H3. The van der Waals surface area contributed by atoms with Gasteiger partial charge in [-0.15, -0.1) is 0 Å². The molecule has 0 heterocycles. The first-order valence-electron chi connectivity index (χ1n) is 6.31. The molecule has 0 spiro atoms. The van der Waals surface area contributed by atoms with Crippen LogP contribution in [0.25, 0.3) is 0 Å². The van der Waals surface area contributed by atoms with Crippen LogP contribution < -0.4 is 10.5 Å². The maximum atomic E-state index is 8.96. The number of nitrogens with two attached hydrogens (primary N) is 1. The Labute approximate surface area is 109 Å². The van der Waals surface area contributed by atoms with Crippen LogP contribution in [0.1, 0.15) is 18.1 Å². The first-order chi connectivity index (χ1) is 8.60. The lowest BCUT2D eigenvalue weighted by Gasteiger charge is -2.21. The molecule has 1 rings (SSSR count). The third-order valence-electron chi connectivity index (χ3n) is 2.97. The Hall–Kier alpha value is -1.10. The lowest BCUT2D eigenvalue weighted by molar-refractivity contribution is 0.217. The molecule has 0 radical (unpaired) electrons. The van der Waals surface area contributed by atoms with Gasteiger partial charge in [-0.25, -0.2) is 0 Å². The molecule has 1 atom stereocenters. The van der Waals surface area contributed by atoms with Gasteiger partial charge in [-0.2, -0.15) is 0 Å². The minimum absolute atomic E-state index is 0.0104. The summed E-state index contributed by atoms with van der Waals surface area (Å²) in [6.45, 7) is 3.58. The molecule has 3 N–H and O–H groups in total. The summed E-state index contributed by atoms with van der Waals surface area (Å²) in [7, 11) is 3.68. The summed E-state index contributed by atoms with van der Waals surface area (Å²) in [5.74, 6) is 0.900. The number of nitrogens with zero attached hydrogens (tertiary/aromatic N) is 1. The molecule has 1 aromatic carbocycles. The maximum Gasteiger partial charge on any atom is 0.123 e. The van der Waals surface area contributed by atoms with Gasteiger partial charge >= 0.3 is 0 Å². The number of methoxy groups -OCH3 is 1. The van der Waals surface area contributed by atoms with Crippen LogP contribution >= 0.6 is 0 Å². The van der Waals surface area contributed by atoms with Crippen molar-refractivity contribution in [3.63, 3.8) is 0 Å². The average Bonchev–Trinajstić information content (AvgIpc) is 2.38. The number of aliphatic hydroxyl groups excluding tert-OH is 1. The van der Waals surface area contributed by atoms with E-state index in [1.165, 1.54) is 5.56 Å². The van der Waals surface area contributed by atoms with E-state index in [-0.39, 0.29) is 12.6 Å². The highest BCUT2D eigenvalue weighted by Crippen LogP contribution is 2.21. The molecule has 0 fully saturated rings. The molecule has 4 heteroatoms. The molecule has 4 nitrogen and oxygen atoms in total. The molecule has 0 saturated carbocycles. The first kappa shape index (κ1) is 15.0. The second kappa shape index (κ2) is 7.36. The highest BCUT2D eigenvalue weighted by Gasteiger charge is 2.10. The number of hydrogen-bond donors (Lipinski definition) is 2. The van der Waals surface area contributed by atoms with Crippen molar-refractivity contribution in [2.75, 3.05) is 27.3 Å². The molecule has 0 aromatic heterocycles. The van der Waals surface area contributed by atoms with Crippen molar-refractivity contribution in [1.29, 1.82) is 0 Å². The molecule has 0 saturated heterocycles. The Morgan fingerprint density at radius 1 is 1.44 bits per heavy atom. The van der Waals surface area contributed by atoms with Crippen molar-refractivity contribution in [3.8, 4) is 5.75 Å². The zero-order chi connectivity index (χ0) is 13.5. The molecule has 18 heavy (non-hydrogen) atoms. The van der Waals surface area contributed by atoms with Crippen LogP contribution in [-0.4, -0.2) is 43.4 Å². The smallest absolute Gasteiger partial charge is 0.123 e. The lowest BCUT2D eigenvalue weighted by atomic mass is 10.1. The zero-order valence-electron chi connectivity index (χ0n) is 11.5. The molecule has 0 aliphatic heterocycles. The molecule has 0 aliphatic carbocycles. The summed E-state index contributed by atoms with van der Waals surface area (Å²) >= 11 is 0. The summed E-state index contributed by atoms with van der Waals surface area (Å²) in [6.07, 6.45) is 1.01. The number of likely N-dealkylation sites (N-methyl/N-ethyl adjacent to an activating group) is 1. The number of benzene rings is 1. The largest absolute Gasteiger partial charge is 0.496 e. The number of ether oxygens (including phenoxy) is 1. The van der Waals surface area contributed by atoms with E-state index >= 15 is 0 Å². The van der Waals surface area contributed by atoms with Crippen molar-refractivity contribution in [3.05, 3.63) is 29.3 Å². The Morgan fingerprint density at radius 3 is 2.72 bits per heavy atom. The second-order valence-electron chi connectivity index (χ2n) is 4.64. The predicted molar refractivity (Wildman–Crippen MR) is 73.8 cm³/mol. The van der Waals surface area contributed by atoms with E-state index < -0.39 is 0 Å². The van der Waals surface area contributed by atoms with Gasteiger partial charge in [-0.05, 0) is 25.1 Å². The third kappa shape index (κ3) is 4.29. The number of rotatable bonds is 7. The van der Waals surface area contributed by atoms with Crippen LogP contribution in [-0.2, 0) is 13.0 Å². The van der Waals surface area contributed by atoms with Crippen molar-refractivity contribution < 1.29 is 9.84 Å². The van der Waals surface area contributed by atoms with Gasteiger partial charge in [0.2, 0.25) is 0 Å². The van der Waals surface area contributed by atoms with Crippen LogP contribution in [0, 0.1) is 0 Å². The van der Waals surface area contributed by atoms with Crippen molar-refractivity contribution in [2.45, 2.75) is 25.9 Å². The van der Waals surface area contributed by atoms with E-state index in [9.17, 15) is 0 Å². The molecule has 0 aliphatic rings. The molecule has 0 amide bonds. The molecule has 1 unspecified atom stereocenters. The minimum atomic E-state index is -0.199. The fourth-order valence-corrected chi connectivity index (χ4v) is 1.99. The monoisotopic (exact) mass is 252 g/mol. The summed E-state index contributed by atoms with van der Waals surface area (Å²) < 4.78 is 5.37. The van der Waals surface area contributed by atoms with E-state index in [4.69, 9.17) is 15.6 Å². The van der Waals surface area contributed by atoms with E-state index in [0.717, 1.165) is 24.3 Å². The third-order valence-corrected chi connectivity index (χ3v) is 2.97. The first-order valence-corrected chi connectivity index (χ1v) is 6.31. The van der Waals surface area contributed by atoms with E-state index in [1.807, 2.05) is 13.1 Å². The maximum absolute atomic E-state index is 8.96. The fourth-order valence-electron chi connectivity index (χ4n) is 1.99. The van der Waals surface area contributed by atoms with Crippen LogP contribution in [0.15, 0.2) is 18.2 Å². The SMILES string of the molecule is CCc1ccc(OC)c(CN(C)CC(N)CO)c1. The van der Waals surface area contributed by atoms with Crippen molar-refractivity contribution in [2.24, 2.45) is 5.73 Å². The topological polar surface area (TPSA) is 58.7 Å². The Balaban J connectivity index is 2.75. The summed E-state index contributed by atoms with van der Waals surface area (Å²) in [5.41, 5.74) is 8.19. The molecule has 1 aromatic rings. The molecular formula is C14H24N2O2. The Morgan fingerprint density at radius 2 is 2.17 bits per heavy atom. The number of hydrogen-bond acceptors (Lipinski definition) is 4. The zero-order valence-corrected chi connectivity index (χ0v) is 11.5. The van der Waals surface area contributed by atoms with Gasteiger partial charge in [0, 0.05) is 24.7 Å². The summed E-state index contributed by atoms with van der Waals surface area (Å²) in [5, 5.41) is 8.96. The predicted octanol–water partition coefficient (Wildman–Crippen LogP) is 1.01. The summed E-state index contributed by atoms with van der Waals surface area (Å²) in [6, 6.07) is 6.06. The Bertz CT molecular complexity index is 369. The highest BCUT2D eigenvalue weighted by atomic mass is 16.5. The Kier molecular flexibility index (Phi) is 6.12. The number of aryl methyl sites for hydroxylation is 1. The van der Waals surface area contributed by atoms with E-state index in [1.54, 1.807) is 7.11 Å². The van der Waals surface area contributed by atoms with Gasteiger partial charge < -0.3 is 20.5 Å². The fraction of sp³-hybridized carbons (Fsp3) is 0.571. The van der Waals surface area contributed by atoms with Crippen molar-refractivity contribution >= 4 is 0 Å². The van der Waals surface area contributed by atoms with Gasteiger partial charge in [0.15, 0.2) is 0 Å². The lowest BCUT2D eigenvalue weighted by Crippen LogP contribution is -2.37. The van der Waals surface area contributed by atoms with E-state index in [2.05, 4.69) is 24.0 Å². The van der Waals surface area contributed by atoms with Gasteiger partial charge in [0.25, 0.3) is 0 Å². The van der Waals surface area contributed by atoms with Gasteiger partial charge in [-0.1, -0.05) is 19.1 Å². The van der Waals surface area contributed by atoms with Crippen molar-refractivity contribution in [1.82, 2.24) is 4.90 Å². The van der Waals surface area contributed by atoms with E-state index in [0.29, 0.717) is 6.54 Å². The van der Waals surface area contributed by atoms with Crippen LogP contribution in [0.5, 0.6) is 5.75 Å². The van der Waals surface area contributed by atoms with Gasteiger partial charge in [0.05, 0.1) is 13.7 Å². The molecule has 102 valence electrons. The highest BCUT2D eigenvalue weighted by molar-refractivity contribution is 5.37.